The van der Waals surface area contributed by atoms with Gasteiger partial charge in [0, 0.05) is 24.7 Å². The minimum atomic E-state index is -0.596. The van der Waals surface area contributed by atoms with Crippen LogP contribution < -0.4 is 0 Å². The molecule has 0 aromatic heterocycles. The molecule has 2 saturated heterocycles. The van der Waals surface area contributed by atoms with Gasteiger partial charge in [-0.1, -0.05) is 18.5 Å². The van der Waals surface area contributed by atoms with E-state index in [1.54, 1.807) is 9.80 Å². The third kappa shape index (κ3) is 2.31. The van der Waals surface area contributed by atoms with Crippen molar-refractivity contribution in [3.05, 3.63) is 34.6 Å². The van der Waals surface area contributed by atoms with Gasteiger partial charge < -0.3 is 9.64 Å². The van der Waals surface area contributed by atoms with E-state index < -0.39 is 17.3 Å². The maximum Gasteiger partial charge on any atom is 0.410 e. The fourth-order valence-electron chi connectivity index (χ4n) is 3.07. The summed E-state index contributed by atoms with van der Waals surface area (Å²) in [5.41, 5.74) is -0.558. The van der Waals surface area contributed by atoms with Gasteiger partial charge in [0.1, 0.15) is 12.4 Å². The summed E-state index contributed by atoms with van der Waals surface area (Å²) in [6, 6.07) is 3.92. The molecule has 3 rings (SSSR count). The minimum Gasteiger partial charge on any atom is -0.447 e. The Labute approximate surface area is 132 Å². The number of carbonyl (C=O) groups is 2. The first-order valence-corrected chi connectivity index (χ1v) is 7.53. The zero-order chi connectivity index (χ0) is 15.9. The van der Waals surface area contributed by atoms with Crippen molar-refractivity contribution in [1.29, 1.82) is 0 Å². The van der Waals surface area contributed by atoms with Gasteiger partial charge in [-0.05, 0) is 24.6 Å². The van der Waals surface area contributed by atoms with E-state index in [2.05, 4.69) is 0 Å². The Hall–Kier alpha value is -1.82. The van der Waals surface area contributed by atoms with E-state index in [1.165, 1.54) is 18.2 Å². The predicted octanol–water partition coefficient (Wildman–Crippen LogP) is 2.54. The highest BCUT2D eigenvalue weighted by Gasteiger charge is 2.50. The lowest BCUT2D eigenvalue weighted by Crippen LogP contribution is -2.62. The molecular formula is C15H16ClFN2O3. The highest BCUT2D eigenvalue weighted by molar-refractivity contribution is 6.31. The van der Waals surface area contributed by atoms with Crippen LogP contribution in [0.4, 0.5) is 9.18 Å². The number of carbonyl (C=O) groups excluding carboxylic acids is 2. The second kappa shape index (κ2) is 5.43. The third-order valence-electron chi connectivity index (χ3n) is 4.44. The summed E-state index contributed by atoms with van der Waals surface area (Å²) >= 11 is 5.85. The predicted molar refractivity (Wildman–Crippen MR) is 78.4 cm³/mol. The number of fused-ring (bicyclic) bond motifs is 1. The Morgan fingerprint density at radius 1 is 1.45 bits per heavy atom. The zero-order valence-electron chi connectivity index (χ0n) is 12.1. The summed E-state index contributed by atoms with van der Waals surface area (Å²) in [7, 11) is 0. The summed E-state index contributed by atoms with van der Waals surface area (Å²) in [5.74, 6) is -1.01. The summed E-state index contributed by atoms with van der Waals surface area (Å²) in [6.45, 7) is 3.27. The first-order valence-electron chi connectivity index (χ1n) is 7.15. The number of nitrogens with zero attached hydrogens (tertiary/aromatic N) is 2. The lowest BCUT2D eigenvalue weighted by molar-refractivity contribution is 0.0358. The molecule has 0 aliphatic carbocycles. The Bertz CT molecular complexity index is 639. The van der Waals surface area contributed by atoms with Crippen LogP contribution in [0.1, 0.15) is 23.7 Å². The van der Waals surface area contributed by atoms with E-state index in [0.717, 1.165) is 0 Å². The zero-order valence-corrected chi connectivity index (χ0v) is 12.9. The van der Waals surface area contributed by atoms with Crippen molar-refractivity contribution in [2.45, 2.75) is 18.9 Å². The van der Waals surface area contributed by atoms with Crippen LogP contribution in [-0.2, 0) is 4.74 Å². The van der Waals surface area contributed by atoms with Gasteiger partial charge in [0.05, 0.1) is 11.1 Å². The minimum absolute atomic E-state index is 0.0440. The van der Waals surface area contributed by atoms with Crippen LogP contribution in [0.2, 0.25) is 5.02 Å². The molecular weight excluding hydrogens is 311 g/mol. The molecule has 0 N–H and O–H groups in total. The van der Waals surface area contributed by atoms with Crippen LogP contribution in [0.5, 0.6) is 0 Å². The normalized spacial score (nSPS) is 24.2. The van der Waals surface area contributed by atoms with Crippen molar-refractivity contribution in [3.8, 4) is 0 Å². The average Bonchev–Trinajstić information content (AvgIpc) is 2.86. The number of piperazine rings is 1. The Morgan fingerprint density at radius 3 is 2.95 bits per heavy atom. The quantitative estimate of drug-likeness (QED) is 0.839. The Kier molecular flexibility index (Phi) is 3.72. The molecule has 2 heterocycles. The number of benzene rings is 1. The van der Waals surface area contributed by atoms with Crippen LogP contribution >= 0.6 is 11.6 Å². The van der Waals surface area contributed by atoms with Crippen LogP contribution in [0, 0.1) is 5.82 Å². The number of hydrogen-bond donors (Lipinski definition) is 0. The number of rotatable bonds is 2. The lowest BCUT2D eigenvalue weighted by Gasteiger charge is -2.44. The number of halogens is 2. The highest BCUT2D eigenvalue weighted by Crippen LogP contribution is 2.32. The van der Waals surface area contributed by atoms with Crippen molar-refractivity contribution in [2.75, 3.05) is 26.2 Å². The van der Waals surface area contributed by atoms with Gasteiger partial charge in [-0.15, -0.1) is 0 Å². The molecule has 1 aromatic carbocycles. The van der Waals surface area contributed by atoms with E-state index in [-0.39, 0.29) is 18.3 Å². The van der Waals surface area contributed by atoms with Gasteiger partial charge in [-0.2, -0.15) is 0 Å². The molecule has 0 saturated carbocycles. The molecule has 2 aliphatic rings. The molecule has 1 atom stereocenters. The second-order valence-electron chi connectivity index (χ2n) is 5.63. The van der Waals surface area contributed by atoms with Crippen molar-refractivity contribution in [1.82, 2.24) is 9.80 Å². The van der Waals surface area contributed by atoms with Gasteiger partial charge in [0.15, 0.2) is 0 Å². The SMILES string of the molecule is CCC12COC(=O)N1CCN(C(=O)c1cc(Cl)ccc1F)C2. The third-order valence-corrected chi connectivity index (χ3v) is 4.68. The second-order valence-corrected chi connectivity index (χ2v) is 6.07. The van der Waals surface area contributed by atoms with E-state index in [0.29, 0.717) is 31.1 Å². The number of amides is 2. The van der Waals surface area contributed by atoms with Gasteiger partial charge >= 0.3 is 6.09 Å². The van der Waals surface area contributed by atoms with Crippen LogP contribution in [0.15, 0.2) is 18.2 Å². The topological polar surface area (TPSA) is 49.9 Å². The molecule has 118 valence electrons. The summed E-state index contributed by atoms with van der Waals surface area (Å²) in [5, 5.41) is 0.313. The number of cyclic esters (lactones) is 1. The van der Waals surface area contributed by atoms with Gasteiger partial charge in [-0.3, -0.25) is 9.69 Å². The first-order chi connectivity index (χ1) is 10.5. The molecule has 2 fully saturated rings. The van der Waals surface area contributed by atoms with Gasteiger partial charge in [-0.25, -0.2) is 9.18 Å². The van der Waals surface area contributed by atoms with E-state index in [1.807, 2.05) is 6.92 Å². The monoisotopic (exact) mass is 326 g/mol. The van der Waals surface area contributed by atoms with Crippen molar-refractivity contribution in [3.63, 3.8) is 0 Å². The highest BCUT2D eigenvalue weighted by atomic mass is 35.5. The molecule has 1 aromatic rings. The maximum atomic E-state index is 13.9. The fraction of sp³-hybridized carbons (Fsp3) is 0.467. The molecule has 1 unspecified atom stereocenters. The Morgan fingerprint density at radius 2 is 2.23 bits per heavy atom. The van der Waals surface area contributed by atoms with Crippen LogP contribution in [0.25, 0.3) is 0 Å². The smallest absolute Gasteiger partial charge is 0.410 e. The maximum absolute atomic E-state index is 13.9. The van der Waals surface area contributed by atoms with E-state index in [4.69, 9.17) is 16.3 Å². The van der Waals surface area contributed by atoms with Crippen molar-refractivity contribution >= 4 is 23.6 Å². The standard InChI is InChI=1S/C15H16ClFN2O3/c1-2-15-8-18(5-6-19(15)14(21)22-9-15)13(20)11-7-10(16)3-4-12(11)17/h3-4,7H,2,5-6,8-9H2,1H3. The van der Waals surface area contributed by atoms with Crippen LogP contribution in [-0.4, -0.2) is 53.6 Å². The van der Waals surface area contributed by atoms with Crippen molar-refractivity contribution < 1.29 is 18.7 Å². The van der Waals surface area contributed by atoms with Gasteiger partial charge in [0.25, 0.3) is 5.91 Å². The summed E-state index contributed by atoms with van der Waals surface area (Å²) < 4.78 is 19.0. The number of hydrogen-bond acceptors (Lipinski definition) is 3. The largest absolute Gasteiger partial charge is 0.447 e. The van der Waals surface area contributed by atoms with E-state index >= 15 is 0 Å². The molecule has 0 radical (unpaired) electrons. The summed E-state index contributed by atoms with van der Waals surface area (Å²) in [6.07, 6.45) is 0.323. The molecule has 7 heteroatoms. The van der Waals surface area contributed by atoms with Crippen molar-refractivity contribution in [2.24, 2.45) is 0 Å². The molecule has 5 nitrogen and oxygen atoms in total. The van der Waals surface area contributed by atoms with E-state index in [9.17, 15) is 14.0 Å². The average molecular weight is 327 g/mol. The molecule has 2 amide bonds. The molecule has 22 heavy (non-hydrogen) atoms. The fourth-order valence-corrected chi connectivity index (χ4v) is 3.24. The van der Waals surface area contributed by atoms with Crippen LogP contribution in [0.3, 0.4) is 0 Å². The molecule has 0 spiro atoms. The number of ether oxygens (including phenoxy) is 1. The van der Waals surface area contributed by atoms with Gasteiger partial charge in [0.2, 0.25) is 0 Å². The summed E-state index contributed by atoms with van der Waals surface area (Å²) in [4.78, 5) is 27.6. The molecule has 0 bridgehead atoms. The lowest BCUT2D eigenvalue weighted by atomic mass is 9.92. The molecule has 2 aliphatic heterocycles. The first kappa shape index (κ1) is 15.1. The Balaban J connectivity index is 1.86.